The lowest BCUT2D eigenvalue weighted by Gasteiger charge is -2.10. The van der Waals surface area contributed by atoms with Crippen LogP contribution in [0.15, 0.2) is 62.8 Å². The van der Waals surface area contributed by atoms with E-state index >= 15 is 0 Å². The topological polar surface area (TPSA) is 83.3 Å². The van der Waals surface area contributed by atoms with Crippen molar-refractivity contribution in [1.29, 1.82) is 0 Å². The van der Waals surface area contributed by atoms with Gasteiger partial charge in [0.25, 0.3) is 11.1 Å². The number of ketones is 1. The van der Waals surface area contributed by atoms with Gasteiger partial charge < -0.3 is 18.1 Å². The summed E-state index contributed by atoms with van der Waals surface area (Å²) in [5, 5.41) is 8.23. The Kier molecular flexibility index (Phi) is 5.26. The van der Waals surface area contributed by atoms with Gasteiger partial charge >= 0.3 is 0 Å². The molecule has 4 rings (SSSR count). The first kappa shape index (κ1) is 19.1. The van der Waals surface area contributed by atoms with Crippen molar-refractivity contribution in [3.05, 3.63) is 65.7 Å². The Morgan fingerprint density at radius 1 is 1.17 bits per heavy atom. The lowest BCUT2D eigenvalue weighted by molar-refractivity contribution is 0.102. The Hall–Kier alpha value is -3.26. The Bertz CT molecular complexity index is 1130. The van der Waals surface area contributed by atoms with E-state index in [-0.39, 0.29) is 11.5 Å². The summed E-state index contributed by atoms with van der Waals surface area (Å²) in [6.45, 7) is 3.92. The van der Waals surface area contributed by atoms with E-state index in [0.717, 1.165) is 22.8 Å². The normalized spacial score (nSPS) is 11.0. The van der Waals surface area contributed by atoms with Crippen LogP contribution in [0.2, 0.25) is 0 Å². The van der Waals surface area contributed by atoms with Crippen LogP contribution >= 0.6 is 11.8 Å². The minimum Gasteiger partial charge on any atom is -0.497 e. The number of hydrogen-bond donors (Lipinski definition) is 0. The molecule has 7 nitrogen and oxygen atoms in total. The molecule has 8 heteroatoms. The van der Waals surface area contributed by atoms with Crippen molar-refractivity contribution in [1.82, 2.24) is 14.8 Å². The first-order valence-corrected chi connectivity index (χ1v) is 9.92. The second-order valence-corrected chi connectivity index (χ2v) is 7.31. The predicted molar refractivity (Wildman–Crippen MR) is 109 cm³/mol. The molecular weight excluding hydrogens is 390 g/mol. The SMILES string of the molecule is COc1ccc(-n2c(C)cc(C(=O)CSc3nnc(-c4ccco4)o3)c2C)cc1. The number of benzene rings is 1. The van der Waals surface area contributed by atoms with Crippen LogP contribution in [0.3, 0.4) is 0 Å². The quantitative estimate of drug-likeness (QED) is 0.322. The molecule has 0 saturated carbocycles. The lowest BCUT2D eigenvalue weighted by atomic mass is 10.2. The second-order valence-electron chi connectivity index (χ2n) is 6.38. The van der Waals surface area contributed by atoms with Crippen LogP contribution in [0.4, 0.5) is 0 Å². The summed E-state index contributed by atoms with van der Waals surface area (Å²) in [4.78, 5) is 12.8. The number of thioether (sulfide) groups is 1. The van der Waals surface area contributed by atoms with Gasteiger partial charge in [-0.15, -0.1) is 10.2 Å². The number of ether oxygens (including phenoxy) is 1. The first-order valence-electron chi connectivity index (χ1n) is 8.93. The van der Waals surface area contributed by atoms with Crippen molar-refractivity contribution < 1.29 is 18.4 Å². The van der Waals surface area contributed by atoms with E-state index in [1.165, 1.54) is 18.0 Å². The van der Waals surface area contributed by atoms with Gasteiger partial charge in [-0.1, -0.05) is 11.8 Å². The van der Waals surface area contributed by atoms with Gasteiger partial charge in [-0.2, -0.15) is 0 Å². The van der Waals surface area contributed by atoms with Crippen molar-refractivity contribution in [3.63, 3.8) is 0 Å². The summed E-state index contributed by atoms with van der Waals surface area (Å²) < 4.78 is 18.0. The van der Waals surface area contributed by atoms with Crippen LogP contribution in [0.1, 0.15) is 21.7 Å². The van der Waals surface area contributed by atoms with Crippen molar-refractivity contribution in [3.8, 4) is 23.1 Å². The highest BCUT2D eigenvalue weighted by Crippen LogP contribution is 2.27. The third kappa shape index (κ3) is 3.84. The lowest BCUT2D eigenvalue weighted by Crippen LogP contribution is -2.05. The molecule has 29 heavy (non-hydrogen) atoms. The van der Waals surface area contributed by atoms with Crippen LogP contribution in [-0.4, -0.2) is 33.4 Å². The van der Waals surface area contributed by atoms with Crippen LogP contribution in [0, 0.1) is 13.8 Å². The van der Waals surface area contributed by atoms with E-state index in [2.05, 4.69) is 14.8 Å². The molecule has 3 heterocycles. The fourth-order valence-corrected chi connectivity index (χ4v) is 3.79. The van der Waals surface area contributed by atoms with Gasteiger partial charge in [0, 0.05) is 22.6 Å². The van der Waals surface area contributed by atoms with Gasteiger partial charge in [0.1, 0.15) is 5.75 Å². The van der Waals surface area contributed by atoms with Gasteiger partial charge in [0.2, 0.25) is 0 Å². The number of furan rings is 1. The minimum absolute atomic E-state index is 0.000565. The molecule has 0 fully saturated rings. The summed E-state index contributed by atoms with van der Waals surface area (Å²) in [5.74, 6) is 1.78. The fourth-order valence-electron chi connectivity index (χ4n) is 3.15. The molecule has 0 unspecified atom stereocenters. The van der Waals surface area contributed by atoms with E-state index in [1.54, 1.807) is 19.2 Å². The van der Waals surface area contributed by atoms with Gasteiger partial charge in [-0.25, -0.2) is 0 Å². The Morgan fingerprint density at radius 2 is 1.97 bits per heavy atom. The van der Waals surface area contributed by atoms with E-state index in [0.29, 0.717) is 22.4 Å². The van der Waals surface area contributed by atoms with Crippen LogP contribution in [0.25, 0.3) is 17.3 Å². The fraction of sp³-hybridized carbons (Fsp3) is 0.190. The average molecular weight is 409 g/mol. The number of methoxy groups -OCH3 is 1. The minimum atomic E-state index is 0.000565. The number of nitrogens with zero attached hydrogens (tertiary/aromatic N) is 3. The molecule has 0 aliphatic heterocycles. The molecule has 148 valence electrons. The van der Waals surface area contributed by atoms with E-state index in [4.69, 9.17) is 13.6 Å². The Morgan fingerprint density at radius 3 is 2.66 bits per heavy atom. The van der Waals surface area contributed by atoms with E-state index in [9.17, 15) is 4.79 Å². The number of carbonyl (C=O) groups excluding carboxylic acids is 1. The van der Waals surface area contributed by atoms with Gasteiger partial charge in [-0.05, 0) is 56.3 Å². The molecule has 0 bridgehead atoms. The van der Waals surface area contributed by atoms with Gasteiger partial charge in [0.15, 0.2) is 11.5 Å². The monoisotopic (exact) mass is 409 g/mol. The third-order valence-corrected chi connectivity index (χ3v) is 5.35. The van der Waals surface area contributed by atoms with Crippen molar-refractivity contribution in [2.24, 2.45) is 0 Å². The van der Waals surface area contributed by atoms with Gasteiger partial charge in [0.05, 0.1) is 19.1 Å². The summed E-state index contributed by atoms with van der Waals surface area (Å²) in [6, 6.07) is 13.1. The van der Waals surface area contributed by atoms with Crippen molar-refractivity contribution >= 4 is 17.5 Å². The maximum absolute atomic E-state index is 12.8. The summed E-state index contributed by atoms with van der Waals surface area (Å²) in [5.41, 5.74) is 3.53. The van der Waals surface area contributed by atoms with Crippen molar-refractivity contribution in [2.75, 3.05) is 12.9 Å². The maximum atomic E-state index is 12.8. The van der Waals surface area contributed by atoms with E-state index < -0.39 is 0 Å². The molecule has 0 amide bonds. The zero-order valence-electron chi connectivity index (χ0n) is 16.2. The molecule has 0 saturated heterocycles. The highest BCUT2D eigenvalue weighted by molar-refractivity contribution is 7.99. The highest BCUT2D eigenvalue weighted by atomic mass is 32.2. The molecule has 0 radical (unpaired) electrons. The average Bonchev–Trinajstić information content (AvgIpc) is 3.47. The van der Waals surface area contributed by atoms with Crippen LogP contribution < -0.4 is 4.74 Å². The molecule has 0 spiro atoms. The molecule has 0 atom stereocenters. The smallest absolute Gasteiger partial charge is 0.284 e. The number of carbonyl (C=O) groups is 1. The Balaban J connectivity index is 1.49. The molecule has 4 aromatic rings. The van der Waals surface area contributed by atoms with E-state index in [1.807, 2.05) is 44.2 Å². The third-order valence-electron chi connectivity index (χ3n) is 4.53. The molecule has 3 aromatic heterocycles. The molecular formula is C21H19N3O4S. The van der Waals surface area contributed by atoms with Crippen molar-refractivity contribution in [2.45, 2.75) is 19.1 Å². The van der Waals surface area contributed by atoms with Crippen LogP contribution in [-0.2, 0) is 0 Å². The highest BCUT2D eigenvalue weighted by Gasteiger charge is 2.19. The maximum Gasteiger partial charge on any atom is 0.284 e. The largest absolute Gasteiger partial charge is 0.497 e. The number of Topliss-reactive ketones (excluding diaryl/α,β-unsaturated/α-hetero) is 1. The molecule has 0 aliphatic rings. The first-order chi connectivity index (χ1) is 14.1. The zero-order chi connectivity index (χ0) is 20.4. The standard InChI is InChI=1S/C21H19N3O4S/c1-13-11-17(14(2)24(13)15-6-8-16(26-3)9-7-15)18(25)12-29-21-23-22-20(28-21)19-5-4-10-27-19/h4-11H,12H2,1-3H3. The number of hydrogen-bond acceptors (Lipinski definition) is 7. The van der Waals surface area contributed by atoms with Gasteiger partial charge in [-0.3, -0.25) is 4.79 Å². The summed E-state index contributed by atoms with van der Waals surface area (Å²) in [6.07, 6.45) is 1.54. The number of aromatic nitrogens is 3. The predicted octanol–water partition coefficient (Wildman–Crippen LogP) is 4.72. The molecule has 0 aliphatic carbocycles. The summed E-state index contributed by atoms with van der Waals surface area (Å²) in [7, 11) is 1.64. The number of aryl methyl sites for hydroxylation is 1. The zero-order valence-corrected chi connectivity index (χ0v) is 17.0. The van der Waals surface area contributed by atoms with Crippen LogP contribution in [0.5, 0.6) is 5.75 Å². The molecule has 0 N–H and O–H groups in total. The summed E-state index contributed by atoms with van der Waals surface area (Å²) >= 11 is 1.21. The molecule has 1 aromatic carbocycles. The Labute approximate surface area is 171 Å². The number of rotatable bonds is 7. The second kappa shape index (κ2) is 8.00.